The average molecular weight is 564 g/mol. The van der Waals surface area contributed by atoms with Crippen molar-refractivity contribution in [1.82, 2.24) is 0 Å². The summed E-state index contributed by atoms with van der Waals surface area (Å²) < 4.78 is 16.5. The number of fused-ring (bicyclic) bond motifs is 1. The molecule has 0 bridgehead atoms. The number of nitrogens with zero attached hydrogens (tertiary/aromatic N) is 1. The third-order valence-electron chi connectivity index (χ3n) is 7.58. The second-order valence-electron chi connectivity index (χ2n) is 9.81. The van der Waals surface area contributed by atoms with E-state index in [-0.39, 0.29) is 31.5 Å². The predicted octanol–water partition coefficient (Wildman–Crippen LogP) is 6.15. The fourth-order valence-corrected chi connectivity index (χ4v) is 6.78. The number of Topliss-reactive ketones (excluding diaryl/α,β-unsaturated/α-hetero) is 1. The van der Waals surface area contributed by atoms with Gasteiger partial charge < -0.3 is 14.2 Å². The molecule has 200 valence electrons. The minimum atomic E-state index is -1.00. The smallest absolute Gasteiger partial charge is 0.317 e. The van der Waals surface area contributed by atoms with Crippen molar-refractivity contribution in [3.8, 4) is 11.5 Å². The van der Waals surface area contributed by atoms with E-state index in [2.05, 4.69) is 0 Å². The highest BCUT2D eigenvalue weighted by molar-refractivity contribution is 7.10. The van der Waals surface area contributed by atoms with Crippen LogP contribution >= 0.6 is 22.9 Å². The van der Waals surface area contributed by atoms with Gasteiger partial charge in [0.2, 0.25) is 12.7 Å². The second kappa shape index (κ2) is 10.2. The van der Waals surface area contributed by atoms with Gasteiger partial charge in [0.1, 0.15) is 5.92 Å². The van der Waals surface area contributed by atoms with E-state index in [1.54, 1.807) is 24.0 Å². The maximum absolute atomic E-state index is 14.4. The van der Waals surface area contributed by atoms with Gasteiger partial charge in [-0.15, -0.1) is 11.3 Å². The predicted molar refractivity (Wildman–Crippen MR) is 147 cm³/mol. The summed E-state index contributed by atoms with van der Waals surface area (Å²) in [6.07, 6.45) is 0.373. The molecule has 3 aliphatic rings. The molecule has 1 amide bonds. The molecular formula is C30H26ClNO6S. The zero-order chi connectivity index (χ0) is 27.3. The number of benzene rings is 2. The van der Waals surface area contributed by atoms with Crippen LogP contribution in [0.1, 0.15) is 47.6 Å². The normalized spacial score (nSPS) is 22.2. The van der Waals surface area contributed by atoms with E-state index in [9.17, 15) is 14.4 Å². The maximum Gasteiger partial charge on any atom is 0.317 e. The lowest BCUT2D eigenvalue weighted by Gasteiger charge is -2.42. The van der Waals surface area contributed by atoms with Crippen molar-refractivity contribution in [3.05, 3.63) is 86.2 Å². The lowest BCUT2D eigenvalue weighted by atomic mass is 9.69. The minimum absolute atomic E-state index is 0.0505. The van der Waals surface area contributed by atoms with Gasteiger partial charge in [-0.1, -0.05) is 29.8 Å². The first-order chi connectivity index (χ1) is 18.9. The highest BCUT2D eigenvalue weighted by Crippen LogP contribution is 2.51. The van der Waals surface area contributed by atoms with Crippen LogP contribution in [0.3, 0.4) is 0 Å². The number of ether oxygens (including phenoxy) is 3. The van der Waals surface area contributed by atoms with Gasteiger partial charge in [-0.2, -0.15) is 0 Å². The van der Waals surface area contributed by atoms with E-state index in [1.807, 2.05) is 48.7 Å². The van der Waals surface area contributed by atoms with Gasteiger partial charge in [0.25, 0.3) is 0 Å². The number of allylic oxidation sites excluding steroid dienone is 2. The quantitative estimate of drug-likeness (QED) is 0.273. The Morgan fingerprint density at radius 1 is 1.10 bits per heavy atom. The molecular weight excluding hydrogens is 538 g/mol. The van der Waals surface area contributed by atoms with Crippen LogP contribution < -0.4 is 14.4 Å². The molecule has 0 saturated carbocycles. The van der Waals surface area contributed by atoms with Crippen molar-refractivity contribution in [1.29, 1.82) is 0 Å². The van der Waals surface area contributed by atoms with E-state index in [1.165, 1.54) is 11.3 Å². The summed E-state index contributed by atoms with van der Waals surface area (Å²) in [6.45, 7) is 3.91. The molecule has 3 atom stereocenters. The van der Waals surface area contributed by atoms with Crippen LogP contribution in [0, 0.1) is 12.8 Å². The van der Waals surface area contributed by atoms with Crippen molar-refractivity contribution < 1.29 is 28.6 Å². The van der Waals surface area contributed by atoms with Crippen LogP contribution in [-0.4, -0.2) is 31.1 Å². The topological polar surface area (TPSA) is 82.1 Å². The molecule has 0 saturated heterocycles. The summed E-state index contributed by atoms with van der Waals surface area (Å²) in [7, 11) is 0. The Bertz CT molecular complexity index is 1510. The number of thiophene rings is 1. The van der Waals surface area contributed by atoms with Gasteiger partial charge in [-0.05, 0) is 67.1 Å². The number of anilines is 1. The molecule has 0 N–H and O–H groups in total. The molecule has 2 aliphatic heterocycles. The zero-order valence-corrected chi connectivity index (χ0v) is 23.0. The Kier molecular flexibility index (Phi) is 6.69. The number of halogens is 1. The number of rotatable bonds is 5. The molecule has 1 aliphatic carbocycles. The first kappa shape index (κ1) is 25.6. The van der Waals surface area contributed by atoms with E-state index in [4.69, 9.17) is 25.8 Å². The average Bonchev–Trinajstić information content (AvgIpc) is 3.62. The standard InChI is InChI=1S/C30H26ClNO6S/c1-3-36-30(35)28-20(25-5-4-10-39-25)13-22-27(29(28)34)19(17-7-9-23-24(11-17)38-15-37-23)14-26(33)32(22)18-8-6-16(2)21(31)12-18/h4-12,19-20,28H,3,13-15H2,1-2H3. The van der Waals surface area contributed by atoms with Gasteiger partial charge in [0.05, 0.1) is 12.3 Å². The van der Waals surface area contributed by atoms with Gasteiger partial charge in [0, 0.05) is 39.4 Å². The Labute approximate surface area is 234 Å². The molecule has 0 fully saturated rings. The number of esters is 1. The van der Waals surface area contributed by atoms with E-state index >= 15 is 0 Å². The van der Waals surface area contributed by atoms with Crippen molar-refractivity contribution in [3.63, 3.8) is 0 Å². The van der Waals surface area contributed by atoms with Gasteiger partial charge in [-0.3, -0.25) is 19.3 Å². The van der Waals surface area contributed by atoms with Crippen molar-refractivity contribution in [2.24, 2.45) is 5.92 Å². The number of carbonyl (C=O) groups is 3. The van der Waals surface area contributed by atoms with Gasteiger partial charge in [0.15, 0.2) is 17.3 Å². The highest BCUT2D eigenvalue weighted by Gasteiger charge is 2.50. The fourth-order valence-electron chi connectivity index (χ4n) is 5.74. The summed E-state index contributed by atoms with van der Waals surface area (Å²) >= 11 is 7.95. The lowest BCUT2D eigenvalue weighted by molar-refractivity contribution is -0.152. The summed E-state index contributed by atoms with van der Waals surface area (Å²) in [5.41, 5.74) is 3.29. The van der Waals surface area contributed by atoms with Gasteiger partial charge >= 0.3 is 5.97 Å². The summed E-state index contributed by atoms with van der Waals surface area (Å²) in [5.74, 6) is -1.83. The number of hydrogen-bond acceptors (Lipinski definition) is 7. The van der Waals surface area contributed by atoms with Crippen LogP contribution in [0.4, 0.5) is 5.69 Å². The molecule has 3 aromatic rings. The van der Waals surface area contributed by atoms with E-state index in [0.717, 1.165) is 16.0 Å². The van der Waals surface area contributed by atoms with Crippen LogP contribution in [0.5, 0.6) is 11.5 Å². The Balaban J connectivity index is 1.55. The summed E-state index contributed by atoms with van der Waals surface area (Å²) in [4.78, 5) is 44.1. The molecule has 3 heterocycles. The second-order valence-corrected chi connectivity index (χ2v) is 11.2. The van der Waals surface area contributed by atoms with Crippen LogP contribution in [0.15, 0.2) is 65.2 Å². The lowest BCUT2D eigenvalue weighted by Crippen LogP contribution is -2.46. The number of carbonyl (C=O) groups excluding carboxylic acids is 3. The number of amides is 1. The molecule has 6 rings (SSSR count). The SMILES string of the molecule is CCOC(=O)C1C(=O)C2=C(CC1c1cccs1)N(c1ccc(C)c(Cl)c1)C(=O)CC2c1ccc2c(c1)OCO2. The van der Waals surface area contributed by atoms with E-state index < -0.39 is 23.7 Å². The molecule has 0 radical (unpaired) electrons. The van der Waals surface area contributed by atoms with Crippen molar-refractivity contribution in [2.45, 2.75) is 38.5 Å². The Morgan fingerprint density at radius 2 is 1.92 bits per heavy atom. The molecule has 0 spiro atoms. The number of hydrogen-bond donors (Lipinski definition) is 0. The molecule has 9 heteroatoms. The largest absolute Gasteiger partial charge is 0.465 e. The molecule has 39 heavy (non-hydrogen) atoms. The summed E-state index contributed by atoms with van der Waals surface area (Å²) in [5, 5.41) is 2.45. The number of aryl methyl sites for hydroxylation is 1. The monoisotopic (exact) mass is 563 g/mol. The Morgan fingerprint density at radius 3 is 2.67 bits per heavy atom. The minimum Gasteiger partial charge on any atom is -0.465 e. The molecule has 2 aromatic carbocycles. The number of ketones is 1. The maximum atomic E-state index is 14.4. The van der Waals surface area contributed by atoms with Crippen molar-refractivity contribution >= 4 is 46.3 Å². The van der Waals surface area contributed by atoms with Gasteiger partial charge in [-0.25, -0.2) is 0 Å². The molecule has 3 unspecified atom stereocenters. The zero-order valence-electron chi connectivity index (χ0n) is 21.4. The van der Waals surface area contributed by atoms with Crippen LogP contribution in [-0.2, 0) is 19.1 Å². The molecule has 1 aromatic heterocycles. The third-order valence-corrected chi connectivity index (χ3v) is 8.99. The first-order valence-electron chi connectivity index (χ1n) is 12.8. The van der Waals surface area contributed by atoms with Crippen LogP contribution in [0.2, 0.25) is 5.02 Å². The Hall–Kier alpha value is -3.62. The fraction of sp³-hybridized carbons (Fsp3) is 0.300. The first-order valence-corrected chi connectivity index (χ1v) is 14.1. The van der Waals surface area contributed by atoms with E-state index in [0.29, 0.717) is 39.9 Å². The molecule has 7 nitrogen and oxygen atoms in total. The van der Waals surface area contributed by atoms with Crippen molar-refractivity contribution in [2.75, 3.05) is 18.3 Å². The highest BCUT2D eigenvalue weighted by atomic mass is 35.5. The van der Waals surface area contributed by atoms with Crippen LogP contribution in [0.25, 0.3) is 0 Å². The summed E-state index contributed by atoms with van der Waals surface area (Å²) in [6, 6.07) is 14.7. The third kappa shape index (κ3) is 4.41.